The Morgan fingerprint density at radius 2 is 2.04 bits per heavy atom. The highest BCUT2D eigenvalue weighted by atomic mass is 35.5. The van der Waals surface area contributed by atoms with E-state index in [1.165, 1.54) is 32.1 Å². The van der Waals surface area contributed by atoms with Gasteiger partial charge in [-0.1, -0.05) is 30.9 Å². The summed E-state index contributed by atoms with van der Waals surface area (Å²) in [5, 5.41) is 0.595. The molecule has 2 atom stereocenters. The second-order valence-electron chi connectivity index (χ2n) is 7.88. The molecule has 1 saturated heterocycles. The van der Waals surface area contributed by atoms with Crippen LogP contribution in [0.5, 0.6) is 0 Å². The number of anilines is 2. The lowest BCUT2D eigenvalue weighted by molar-refractivity contribution is -0.131. The molecule has 144 valence electrons. The van der Waals surface area contributed by atoms with Gasteiger partial charge in [-0.05, 0) is 50.3 Å². The predicted molar refractivity (Wildman–Crippen MR) is 108 cm³/mol. The van der Waals surface area contributed by atoms with Gasteiger partial charge in [-0.15, -0.1) is 0 Å². The zero-order chi connectivity index (χ0) is 18.7. The molecular formula is C20H31ClN4O. The monoisotopic (exact) mass is 378 g/mol. The van der Waals surface area contributed by atoms with Crippen LogP contribution in [0.4, 0.5) is 11.4 Å². The van der Waals surface area contributed by atoms with E-state index in [1.54, 1.807) is 6.92 Å². The third-order valence-corrected chi connectivity index (χ3v) is 6.13. The second kappa shape index (κ2) is 8.49. The molecule has 3 rings (SSSR count). The zero-order valence-electron chi connectivity index (χ0n) is 15.7. The zero-order valence-corrected chi connectivity index (χ0v) is 16.4. The molecule has 1 aromatic rings. The van der Waals surface area contributed by atoms with Gasteiger partial charge in [-0.25, -0.2) is 0 Å². The van der Waals surface area contributed by atoms with Crippen LogP contribution in [0.15, 0.2) is 18.2 Å². The van der Waals surface area contributed by atoms with Crippen LogP contribution in [0.2, 0.25) is 5.02 Å². The number of hydrogen-bond acceptors (Lipinski definition) is 4. The lowest BCUT2D eigenvalue weighted by Crippen LogP contribution is -2.45. The number of benzene rings is 1. The topological polar surface area (TPSA) is 75.6 Å². The van der Waals surface area contributed by atoms with Gasteiger partial charge in [0, 0.05) is 31.4 Å². The average molecular weight is 379 g/mol. The maximum absolute atomic E-state index is 12.3. The van der Waals surface area contributed by atoms with Crippen molar-refractivity contribution in [3.63, 3.8) is 0 Å². The first-order valence-electron chi connectivity index (χ1n) is 9.81. The van der Waals surface area contributed by atoms with E-state index in [9.17, 15) is 4.79 Å². The molecule has 6 heteroatoms. The fourth-order valence-corrected chi connectivity index (χ4v) is 4.47. The van der Waals surface area contributed by atoms with E-state index in [0.717, 1.165) is 31.7 Å². The third kappa shape index (κ3) is 4.44. The number of nitrogens with two attached hydrogens (primary N) is 2. The summed E-state index contributed by atoms with van der Waals surface area (Å²) in [5.41, 5.74) is 13.4. The van der Waals surface area contributed by atoms with E-state index in [0.29, 0.717) is 22.7 Å². The summed E-state index contributed by atoms with van der Waals surface area (Å²) in [4.78, 5) is 16.6. The van der Waals surface area contributed by atoms with Crippen LogP contribution in [0, 0.1) is 5.92 Å². The Balaban J connectivity index is 1.78. The highest BCUT2D eigenvalue weighted by Crippen LogP contribution is 2.32. The number of rotatable bonds is 5. The molecule has 26 heavy (non-hydrogen) atoms. The SMILES string of the molecule is CC(N)C(=O)N1CCC(N(CC2CCCCC2)c2ccc(N)c(Cl)c2)C1. The number of likely N-dealkylation sites (tertiary alicyclic amines) is 1. The fraction of sp³-hybridized carbons (Fsp3) is 0.650. The molecular weight excluding hydrogens is 348 g/mol. The van der Waals surface area contributed by atoms with E-state index >= 15 is 0 Å². The largest absolute Gasteiger partial charge is 0.398 e. The van der Waals surface area contributed by atoms with Crippen molar-refractivity contribution in [3.8, 4) is 0 Å². The first-order chi connectivity index (χ1) is 12.5. The summed E-state index contributed by atoms with van der Waals surface area (Å²) in [5.74, 6) is 0.749. The minimum absolute atomic E-state index is 0.0421. The van der Waals surface area contributed by atoms with Gasteiger partial charge in [0.1, 0.15) is 0 Å². The van der Waals surface area contributed by atoms with Gasteiger partial charge >= 0.3 is 0 Å². The number of halogens is 1. The van der Waals surface area contributed by atoms with Crippen molar-refractivity contribution in [2.75, 3.05) is 30.3 Å². The molecule has 2 unspecified atom stereocenters. The van der Waals surface area contributed by atoms with E-state index < -0.39 is 6.04 Å². The summed E-state index contributed by atoms with van der Waals surface area (Å²) >= 11 is 6.30. The van der Waals surface area contributed by atoms with E-state index in [4.69, 9.17) is 23.1 Å². The predicted octanol–water partition coefficient (Wildman–Crippen LogP) is 3.26. The van der Waals surface area contributed by atoms with Crippen LogP contribution in [-0.4, -0.2) is 42.5 Å². The number of nitrogens with zero attached hydrogens (tertiary/aromatic N) is 2. The summed E-state index contributed by atoms with van der Waals surface area (Å²) in [6, 6.07) is 5.77. The van der Waals surface area contributed by atoms with Gasteiger partial charge in [0.2, 0.25) is 5.91 Å². The standard InChI is InChI=1S/C20H31ClN4O/c1-14(22)20(26)24-10-9-17(13-24)25(12-15-5-3-2-4-6-15)16-7-8-19(23)18(21)11-16/h7-8,11,14-15,17H,2-6,9-10,12-13,22-23H2,1H3. The lowest BCUT2D eigenvalue weighted by atomic mass is 9.88. The maximum Gasteiger partial charge on any atom is 0.239 e. The number of nitrogen functional groups attached to an aromatic ring is 1. The van der Waals surface area contributed by atoms with Crippen LogP contribution in [-0.2, 0) is 4.79 Å². The molecule has 2 fully saturated rings. The van der Waals surface area contributed by atoms with Crippen molar-refractivity contribution < 1.29 is 4.79 Å². The van der Waals surface area contributed by atoms with Crippen LogP contribution in [0.1, 0.15) is 45.4 Å². The fourth-order valence-electron chi connectivity index (χ4n) is 4.29. The van der Waals surface area contributed by atoms with Crippen molar-refractivity contribution in [3.05, 3.63) is 23.2 Å². The molecule has 1 aromatic carbocycles. The molecule has 1 aliphatic heterocycles. The molecule has 2 aliphatic rings. The van der Waals surface area contributed by atoms with Gasteiger partial charge in [0.05, 0.1) is 16.8 Å². The third-order valence-electron chi connectivity index (χ3n) is 5.80. The second-order valence-corrected chi connectivity index (χ2v) is 8.28. The molecule has 4 N–H and O–H groups in total. The number of carbonyl (C=O) groups excluding carboxylic acids is 1. The molecule has 0 aromatic heterocycles. The summed E-state index contributed by atoms with van der Waals surface area (Å²) < 4.78 is 0. The molecule has 0 spiro atoms. The van der Waals surface area contributed by atoms with Crippen molar-refractivity contribution in [2.45, 2.75) is 57.5 Å². The summed E-state index contributed by atoms with van der Waals surface area (Å²) in [7, 11) is 0. The minimum Gasteiger partial charge on any atom is -0.398 e. The number of hydrogen-bond donors (Lipinski definition) is 2. The Labute approximate surface area is 161 Å². The number of amides is 1. The van der Waals surface area contributed by atoms with Crippen LogP contribution >= 0.6 is 11.6 Å². The van der Waals surface area contributed by atoms with Gasteiger partial charge in [-0.3, -0.25) is 4.79 Å². The molecule has 0 bridgehead atoms. The van der Waals surface area contributed by atoms with E-state index in [-0.39, 0.29) is 5.91 Å². The highest BCUT2D eigenvalue weighted by Gasteiger charge is 2.33. The first kappa shape index (κ1) is 19.3. The molecule has 1 aliphatic carbocycles. The van der Waals surface area contributed by atoms with Crippen LogP contribution in [0.3, 0.4) is 0 Å². The highest BCUT2D eigenvalue weighted by molar-refractivity contribution is 6.33. The quantitative estimate of drug-likeness (QED) is 0.771. The summed E-state index contributed by atoms with van der Waals surface area (Å²) in [6.07, 6.45) is 7.53. The molecule has 0 radical (unpaired) electrons. The first-order valence-corrected chi connectivity index (χ1v) is 10.2. The van der Waals surface area contributed by atoms with Crippen molar-refractivity contribution in [2.24, 2.45) is 11.7 Å². The Kier molecular flexibility index (Phi) is 6.30. The Morgan fingerprint density at radius 1 is 1.31 bits per heavy atom. The van der Waals surface area contributed by atoms with Crippen molar-refractivity contribution in [1.29, 1.82) is 0 Å². The van der Waals surface area contributed by atoms with Gasteiger partial charge in [0.25, 0.3) is 0 Å². The Morgan fingerprint density at radius 3 is 2.69 bits per heavy atom. The molecule has 1 amide bonds. The molecule has 5 nitrogen and oxygen atoms in total. The van der Waals surface area contributed by atoms with Gasteiger partial charge < -0.3 is 21.3 Å². The smallest absolute Gasteiger partial charge is 0.239 e. The maximum atomic E-state index is 12.3. The average Bonchev–Trinajstić information content (AvgIpc) is 3.12. The van der Waals surface area contributed by atoms with Crippen molar-refractivity contribution >= 4 is 28.9 Å². The van der Waals surface area contributed by atoms with Gasteiger partial charge in [0.15, 0.2) is 0 Å². The van der Waals surface area contributed by atoms with Crippen LogP contribution in [0.25, 0.3) is 0 Å². The minimum atomic E-state index is -0.438. The van der Waals surface area contributed by atoms with E-state index in [1.807, 2.05) is 17.0 Å². The van der Waals surface area contributed by atoms with Gasteiger partial charge in [-0.2, -0.15) is 0 Å². The normalized spacial score (nSPS) is 22.4. The number of carbonyl (C=O) groups is 1. The van der Waals surface area contributed by atoms with E-state index in [2.05, 4.69) is 11.0 Å². The van der Waals surface area contributed by atoms with Crippen LogP contribution < -0.4 is 16.4 Å². The van der Waals surface area contributed by atoms with Crippen molar-refractivity contribution in [1.82, 2.24) is 4.90 Å². The lowest BCUT2D eigenvalue weighted by Gasteiger charge is -2.36. The Bertz CT molecular complexity index is 630. The molecule has 1 saturated carbocycles. The molecule has 1 heterocycles. The summed E-state index contributed by atoms with van der Waals surface area (Å²) in [6.45, 7) is 4.28. The Hall–Kier alpha value is -1.46.